The van der Waals surface area contributed by atoms with Crippen molar-refractivity contribution >= 4 is 55.7 Å². The van der Waals surface area contributed by atoms with E-state index in [2.05, 4.69) is 19.7 Å². The number of rotatable bonds is 15. The lowest BCUT2D eigenvalue weighted by Crippen LogP contribution is -2.37. The summed E-state index contributed by atoms with van der Waals surface area (Å²) < 4.78 is 19.7. The minimum absolute atomic E-state index is 0.113. The first-order valence-electron chi connectivity index (χ1n) is 21.1. The van der Waals surface area contributed by atoms with Crippen LogP contribution in [0.2, 0.25) is 0 Å². The molecule has 0 spiro atoms. The molecule has 7 heterocycles. The van der Waals surface area contributed by atoms with Gasteiger partial charge in [-0.1, -0.05) is 12.2 Å². The van der Waals surface area contributed by atoms with Gasteiger partial charge in [0.2, 0.25) is 11.8 Å². The van der Waals surface area contributed by atoms with Crippen LogP contribution >= 0.6 is 0 Å². The van der Waals surface area contributed by atoms with Gasteiger partial charge in [-0.25, -0.2) is 19.9 Å². The number of nitrogens with two attached hydrogens (primary N) is 2. The Morgan fingerprint density at radius 2 is 1.27 bits per heavy atom. The lowest BCUT2D eigenvalue weighted by atomic mass is 10.1. The van der Waals surface area contributed by atoms with Crippen molar-refractivity contribution in [2.75, 3.05) is 39.5 Å². The number of carbonyl (C=O) groups excluding carboxylic acids is 2. The summed E-state index contributed by atoms with van der Waals surface area (Å²) in [6.45, 7) is 14.2. The van der Waals surface area contributed by atoms with Gasteiger partial charge in [0.05, 0.1) is 42.2 Å². The number of aryl methyl sites for hydroxylation is 4. The van der Waals surface area contributed by atoms with Crippen molar-refractivity contribution in [3.05, 3.63) is 83.5 Å². The summed E-state index contributed by atoms with van der Waals surface area (Å²) >= 11 is 0. The molecule has 0 bridgehead atoms. The third-order valence-electron chi connectivity index (χ3n) is 11.5. The van der Waals surface area contributed by atoms with E-state index in [4.69, 9.17) is 40.9 Å². The second kappa shape index (κ2) is 16.9. The normalized spacial score (nSPS) is 13.7. The van der Waals surface area contributed by atoms with Crippen LogP contribution in [0.4, 0.5) is 0 Å². The Labute approximate surface area is 361 Å². The smallest absolute Gasteiger partial charge is 0.248 e. The Morgan fingerprint density at radius 1 is 0.746 bits per heavy atom. The van der Waals surface area contributed by atoms with Crippen molar-refractivity contribution in [1.29, 1.82) is 0 Å². The predicted molar refractivity (Wildman–Crippen MR) is 239 cm³/mol. The van der Waals surface area contributed by atoms with Crippen LogP contribution in [-0.4, -0.2) is 110 Å². The molecule has 0 unspecified atom stereocenters. The van der Waals surface area contributed by atoms with Crippen LogP contribution in [0.1, 0.15) is 52.4 Å². The molecule has 1 saturated heterocycles. The van der Waals surface area contributed by atoms with Gasteiger partial charge in [-0.2, -0.15) is 10.2 Å². The molecular weight excluding hydrogens is 803 g/mol. The van der Waals surface area contributed by atoms with Crippen molar-refractivity contribution in [1.82, 2.24) is 53.5 Å². The number of hydrogen-bond donors (Lipinski definition) is 3. The van der Waals surface area contributed by atoms with Gasteiger partial charge >= 0.3 is 0 Å². The monoisotopic (exact) mass is 851 g/mol. The predicted octanol–water partition coefficient (Wildman–Crippen LogP) is 5.13. The van der Waals surface area contributed by atoms with Crippen molar-refractivity contribution in [2.45, 2.75) is 60.3 Å². The van der Waals surface area contributed by atoms with Crippen LogP contribution in [0.15, 0.2) is 60.9 Å². The Kier molecular flexibility index (Phi) is 11.1. The molecule has 0 radical (unpaired) electrons. The van der Waals surface area contributed by atoms with Gasteiger partial charge in [0, 0.05) is 90.9 Å². The molecule has 63 heavy (non-hydrogen) atoms. The van der Waals surface area contributed by atoms with Crippen molar-refractivity contribution in [3.63, 3.8) is 0 Å². The molecule has 8 aromatic rings. The standard InChI is InChI=1S/C45H49N13O5/c1-5-57-34(18-26(3)52-57)42-48-24-32-30-20-28(40(46)60)22-36(59)38(30)55(44(32)50-42)11-7-8-12-56-39-31(33-25-49-43(51-45(33)56)35-19-27(4)53-58(35)6-2)21-29(41(47)61)23-37(39)63-15-9-10-54-13-16-62-17-14-54/h7-8,18-25,59H,5-6,9-17H2,1-4H3,(H2,46,60)(H2,47,61)/b8-7+. The maximum absolute atomic E-state index is 12.7. The van der Waals surface area contributed by atoms with Gasteiger partial charge < -0.3 is 35.2 Å². The summed E-state index contributed by atoms with van der Waals surface area (Å²) in [5.74, 6) is 0.137. The van der Waals surface area contributed by atoms with E-state index in [9.17, 15) is 14.7 Å². The largest absolute Gasteiger partial charge is 0.506 e. The molecular formula is C45H49N13O5. The number of benzene rings is 2. The number of phenols is 1. The molecule has 0 aliphatic carbocycles. The highest BCUT2D eigenvalue weighted by Gasteiger charge is 2.23. The Hall–Kier alpha value is -7.18. The molecule has 0 atom stereocenters. The van der Waals surface area contributed by atoms with E-state index >= 15 is 0 Å². The van der Waals surface area contributed by atoms with Crippen LogP contribution in [-0.2, 0) is 30.9 Å². The Bertz CT molecular complexity index is 3100. The van der Waals surface area contributed by atoms with Gasteiger partial charge in [0.1, 0.15) is 34.2 Å². The zero-order valence-corrected chi connectivity index (χ0v) is 35.7. The molecule has 5 N–H and O–H groups in total. The van der Waals surface area contributed by atoms with Gasteiger partial charge in [-0.05, 0) is 70.5 Å². The number of hydrogen-bond acceptors (Lipinski definition) is 12. The van der Waals surface area contributed by atoms with Gasteiger partial charge in [-0.15, -0.1) is 0 Å². The molecule has 6 aromatic heterocycles. The van der Waals surface area contributed by atoms with E-state index in [-0.39, 0.29) is 17.9 Å². The number of nitrogens with zero attached hydrogens (tertiary/aromatic N) is 11. The van der Waals surface area contributed by atoms with Crippen molar-refractivity contribution in [2.24, 2.45) is 11.5 Å². The number of primary amides is 2. The molecule has 324 valence electrons. The lowest BCUT2D eigenvalue weighted by molar-refractivity contribution is 0.0358. The third-order valence-corrected chi connectivity index (χ3v) is 11.5. The summed E-state index contributed by atoms with van der Waals surface area (Å²) in [7, 11) is 0. The van der Waals surface area contributed by atoms with E-state index in [0.29, 0.717) is 90.0 Å². The average molecular weight is 852 g/mol. The molecule has 18 nitrogen and oxygen atoms in total. The fourth-order valence-corrected chi connectivity index (χ4v) is 8.53. The maximum atomic E-state index is 12.7. The second-order valence-corrected chi connectivity index (χ2v) is 15.7. The van der Waals surface area contributed by atoms with Crippen LogP contribution < -0.4 is 16.2 Å². The van der Waals surface area contributed by atoms with Crippen LogP contribution in [0, 0.1) is 13.8 Å². The van der Waals surface area contributed by atoms with E-state index in [0.717, 1.165) is 65.1 Å². The number of morpholine rings is 1. The average Bonchev–Trinajstić information content (AvgIpc) is 4.03. The number of fused-ring (bicyclic) bond motifs is 6. The zero-order valence-electron chi connectivity index (χ0n) is 35.7. The summed E-state index contributed by atoms with van der Waals surface area (Å²) in [6.07, 6.45) is 8.25. The topological polar surface area (TPSA) is 225 Å². The first-order chi connectivity index (χ1) is 30.5. The van der Waals surface area contributed by atoms with E-state index in [1.165, 1.54) is 6.07 Å². The number of phenolic OH excluding ortho intramolecular Hbond substituents is 1. The third kappa shape index (κ3) is 7.71. The number of ether oxygens (including phenoxy) is 2. The fraction of sp³-hybridized carbons (Fsp3) is 0.333. The van der Waals surface area contributed by atoms with E-state index in [1.54, 1.807) is 30.6 Å². The quantitative estimate of drug-likeness (QED) is 0.0902. The molecule has 2 aromatic carbocycles. The molecule has 9 rings (SSSR count). The summed E-state index contributed by atoms with van der Waals surface area (Å²) in [4.78, 5) is 47.1. The number of aromatic nitrogens is 10. The number of amides is 2. The Balaban J connectivity index is 1.14. The maximum Gasteiger partial charge on any atom is 0.248 e. The van der Waals surface area contributed by atoms with Gasteiger partial charge in [-0.3, -0.25) is 23.9 Å². The van der Waals surface area contributed by atoms with Crippen molar-refractivity contribution < 1.29 is 24.2 Å². The molecule has 1 fully saturated rings. The van der Waals surface area contributed by atoms with Crippen LogP contribution in [0.3, 0.4) is 0 Å². The minimum Gasteiger partial charge on any atom is -0.506 e. The van der Waals surface area contributed by atoms with Crippen LogP contribution in [0.25, 0.3) is 66.9 Å². The second-order valence-electron chi connectivity index (χ2n) is 15.7. The molecule has 1 aliphatic rings. The highest BCUT2D eigenvalue weighted by molar-refractivity contribution is 6.13. The van der Waals surface area contributed by atoms with E-state index in [1.807, 2.05) is 65.9 Å². The number of aromatic hydroxyl groups is 1. The fourth-order valence-electron chi connectivity index (χ4n) is 8.53. The highest BCUT2D eigenvalue weighted by atomic mass is 16.5. The zero-order chi connectivity index (χ0) is 43.9. The van der Waals surface area contributed by atoms with Gasteiger partial charge in [0.15, 0.2) is 11.6 Å². The number of carbonyl (C=O) groups is 2. The number of allylic oxidation sites excluding steroid dienone is 2. The summed E-state index contributed by atoms with van der Waals surface area (Å²) in [5.41, 5.74) is 17.7. The molecule has 2 amide bonds. The molecule has 0 saturated carbocycles. The summed E-state index contributed by atoms with van der Waals surface area (Å²) in [6, 6.07) is 10.4. The molecule has 18 heteroatoms. The molecule has 1 aliphatic heterocycles. The Morgan fingerprint density at radius 3 is 1.81 bits per heavy atom. The van der Waals surface area contributed by atoms with Gasteiger partial charge in [0.25, 0.3) is 0 Å². The first kappa shape index (κ1) is 41.2. The highest BCUT2D eigenvalue weighted by Crippen LogP contribution is 2.38. The van der Waals surface area contributed by atoms with E-state index < -0.39 is 11.8 Å². The SMILES string of the molecule is CCn1nc(C)cc1-c1ncc2c3cc(C(N)=O)cc(O)c3n(C/C=C/Cn3c4nc(-c5cc(C)nn5CC)ncc4c4cc(C(N)=O)cc(OCCCN5CCOCC5)c43)c2n1. The van der Waals surface area contributed by atoms with Crippen LogP contribution in [0.5, 0.6) is 11.5 Å². The minimum atomic E-state index is -0.663. The summed E-state index contributed by atoms with van der Waals surface area (Å²) in [5, 5.41) is 23.3. The lowest BCUT2D eigenvalue weighted by Gasteiger charge is -2.26. The van der Waals surface area contributed by atoms with Crippen molar-refractivity contribution in [3.8, 4) is 34.5 Å². The first-order valence-corrected chi connectivity index (χ1v) is 21.1.